The number of nitrogens with zero attached hydrogens (tertiary/aromatic N) is 1. The molecular weight excluding hydrogens is 314 g/mol. The second kappa shape index (κ2) is 8.86. The number of esters is 1. The Bertz CT molecular complexity index is 550. The number of rotatable bonds is 7. The van der Waals surface area contributed by atoms with Crippen molar-refractivity contribution in [2.75, 3.05) is 40.5 Å². The Labute approximate surface area is 141 Å². The van der Waals surface area contributed by atoms with Crippen molar-refractivity contribution >= 4 is 5.97 Å². The molecule has 0 amide bonds. The van der Waals surface area contributed by atoms with E-state index in [1.807, 2.05) is 4.90 Å². The minimum Gasteiger partial charge on any atom is -0.493 e. The zero-order valence-corrected chi connectivity index (χ0v) is 14.1. The molecule has 0 bridgehead atoms. The maximum Gasteiger partial charge on any atom is 0.337 e. The van der Waals surface area contributed by atoms with Crippen LogP contribution in [0.4, 0.5) is 0 Å². The predicted molar refractivity (Wildman–Crippen MR) is 87.5 cm³/mol. The predicted octanol–water partition coefficient (Wildman–Crippen LogP) is 0.678. The van der Waals surface area contributed by atoms with Crippen LogP contribution in [0.25, 0.3) is 0 Å². The fraction of sp³-hybridized carbons (Fsp3) is 0.588. The van der Waals surface area contributed by atoms with E-state index in [4.69, 9.17) is 9.47 Å². The van der Waals surface area contributed by atoms with Gasteiger partial charge in [0.1, 0.15) is 12.7 Å². The first kappa shape index (κ1) is 18.5. The van der Waals surface area contributed by atoms with Crippen molar-refractivity contribution in [2.45, 2.75) is 25.0 Å². The average Bonchev–Trinajstić information content (AvgIpc) is 2.59. The number of hydrogen-bond donors (Lipinski definition) is 2. The molecule has 1 aromatic rings. The van der Waals surface area contributed by atoms with Crippen LogP contribution >= 0.6 is 0 Å². The van der Waals surface area contributed by atoms with Crippen molar-refractivity contribution in [2.24, 2.45) is 0 Å². The second-order valence-electron chi connectivity index (χ2n) is 5.88. The molecule has 0 aliphatic carbocycles. The summed E-state index contributed by atoms with van der Waals surface area (Å²) in [5.41, 5.74) is 0.365. The summed E-state index contributed by atoms with van der Waals surface area (Å²) in [6, 6.07) is 4.73. The first-order chi connectivity index (χ1) is 11.5. The van der Waals surface area contributed by atoms with Crippen molar-refractivity contribution in [3.63, 3.8) is 0 Å². The SMILES string of the molecule is COC(=O)c1ccc(OC[C@@H](O)CN2CCC[C@@H](O)C2)c(OC)c1. The summed E-state index contributed by atoms with van der Waals surface area (Å²) in [6.45, 7) is 1.99. The molecule has 1 heterocycles. The number of aliphatic hydroxyl groups is 2. The van der Waals surface area contributed by atoms with Gasteiger partial charge in [0.15, 0.2) is 11.5 Å². The molecule has 1 aliphatic heterocycles. The van der Waals surface area contributed by atoms with Gasteiger partial charge in [0.2, 0.25) is 0 Å². The van der Waals surface area contributed by atoms with Crippen molar-refractivity contribution in [3.05, 3.63) is 23.8 Å². The number of β-amino-alcohol motifs (C(OH)–C–C–N with tert-alkyl or cyclic N) is 2. The lowest BCUT2D eigenvalue weighted by atomic mass is 10.1. The van der Waals surface area contributed by atoms with Crippen LogP contribution < -0.4 is 9.47 Å². The molecule has 7 heteroatoms. The number of methoxy groups -OCH3 is 2. The van der Waals surface area contributed by atoms with Gasteiger partial charge < -0.3 is 24.4 Å². The number of carbonyl (C=O) groups excluding carboxylic acids is 1. The third kappa shape index (κ3) is 5.09. The normalized spacial score (nSPS) is 19.6. The number of carbonyl (C=O) groups is 1. The standard InChI is InChI=1S/C17H25NO6/c1-22-16-8-12(17(21)23-2)5-6-15(16)24-11-14(20)10-18-7-3-4-13(19)9-18/h5-6,8,13-14,19-20H,3-4,7,9-11H2,1-2H3/t13-,14+/m1/s1. The van der Waals surface area contributed by atoms with Gasteiger partial charge in [-0.3, -0.25) is 4.90 Å². The van der Waals surface area contributed by atoms with E-state index in [-0.39, 0.29) is 12.7 Å². The monoisotopic (exact) mass is 339 g/mol. The van der Waals surface area contributed by atoms with Crippen LogP contribution in [-0.2, 0) is 4.74 Å². The van der Waals surface area contributed by atoms with Crippen LogP contribution in [0.3, 0.4) is 0 Å². The van der Waals surface area contributed by atoms with Gasteiger partial charge in [-0.05, 0) is 37.6 Å². The molecule has 0 saturated carbocycles. The number of benzene rings is 1. The number of ether oxygens (including phenoxy) is 3. The molecule has 1 fully saturated rings. The van der Waals surface area contributed by atoms with E-state index in [2.05, 4.69) is 4.74 Å². The van der Waals surface area contributed by atoms with Crippen molar-refractivity contribution < 1.29 is 29.2 Å². The highest BCUT2D eigenvalue weighted by atomic mass is 16.5. The van der Waals surface area contributed by atoms with Crippen molar-refractivity contribution in [3.8, 4) is 11.5 Å². The average molecular weight is 339 g/mol. The lowest BCUT2D eigenvalue weighted by Crippen LogP contribution is -2.43. The fourth-order valence-electron chi connectivity index (χ4n) is 2.77. The molecule has 2 atom stereocenters. The van der Waals surface area contributed by atoms with Crippen LogP contribution in [0.5, 0.6) is 11.5 Å². The van der Waals surface area contributed by atoms with E-state index < -0.39 is 12.1 Å². The fourth-order valence-corrected chi connectivity index (χ4v) is 2.77. The molecule has 0 unspecified atom stereocenters. The number of hydrogen-bond acceptors (Lipinski definition) is 7. The van der Waals surface area contributed by atoms with E-state index >= 15 is 0 Å². The Kier molecular flexibility index (Phi) is 6.84. The molecule has 2 rings (SSSR count). The van der Waals surface area contributed by atoms with Gasteiger partial charge in [0.25, 0.3) is 0 Å². The van der Waals surface area contributed by atoms with Gasteiger partial charge in [0, 0.05) is 13.1 Å². The molecule has 0 radical (unpaired) electrons. The summed E-state index contributed by atoms with van der Waals surface area (Å²) in [5, 5.41) is 19.8. The van der Waals surface area contributed by atoms with Gasteiger partial charge in [0.05, 0.1) is 25.9 Å². The van der Waals surface area contributed by atoms with Crippen LogP contribution in [0.2, 0.25) is 0 Å². The van der Waals surface area contributed by atoms with Crippen LogP contribution in [0.1, 0.15) is 23.2 Å². The van der Waals surface area contributed by atoms with Crippen molar-refractivity contribution in [1.29, 1.82) is 0 Å². The van der Waals surface area contributed by atoms with Crippen LogP contribution in [-0.4, -0.2) is 73.8 Å². The third-order valence-electron chi connectivity index (χ3n) is 3.97. The Hall–Kier alpha value is -1.83. The van der Waals surface area contributed by atoms with Gasteiger partial charge in [-0.2, -0.15) is 0 Å². The van der Waals surface area contributed by atoms with E-state index in [0.717, 1.165) is 19.4 Å². The Balaban J connectivity index is 1.89. The molecule has 1 saturated heterocycles. The van der Waals surface area contributed by atoms with E-state index in [0.29, 0.717) is 30.2 Å². The highest BCUT2D eigenvalue weighted by molar-refractivity contribution is 5.90. The quantitative estimate of drug-likeness (QED) is 0.706. The summed E-state index contributed by atoms with van der Waals surface area (Å²) >= 11 is 0. The molecular formula is C17H25NO6. The van der Waals surface area contributed by atoms with Gasteiger partial charge >= 0.3 is 5.97 Å². The lowest BCUT2D eigenvalue weighted by Gasteiger charge is -2.31. The van der Waals surface area contributed by atoms with Gasteiger partial charge in [-0.25, -0.2) is 4.79 Å². The highest BCUT2D eigenvalue weighted by Gasteiger charge is 2.20. The Morgan fingerprint density at radius 3 is 2.83 bits per heavy atom. The minimum absolute atomic E-state index is 0.0977. The third-order valence-corrected chi connectivity index (χ3v) is 3.97. The van der Waals surface area contributed by atoms with Crippen LogP contribution in [0.15, 0.2) is 18.2 Å². The topological polar surface area (TPSA) is 88.5 Å². The number of aliphatic hydroxyl groups excluding tert-OH is 2. The maximum atomic E-state index is 11.5. The molecule has 134 valence electrons. The summed E-state index contributed by atoms with van der Waals surface area (Å²) in [5.74, 6) is 0.393. The van der Waals surface area contributed by atoms with Gasteiger partial charge in [-0.15, -0.1) is 0 Å². The molecule has 2 N–H and O–H groups in total. The van der Waals surface area contributed by atoms with E-state index in [1.165, 1.54) is 20.3 Å². The second-order valence-corrected chi connectivity index (χ2v) is 5.88. The van der Waals surface area contributed by atoms with E-state index in [1.54, 1.807) is 12.1 Å². The highest BCUT2D eigenvalue weighted by Crippen LogP contribution is 2.28. The molecule has 7 nitrogen and oxygen atoms in total. The lowest BCUT2D eigenvalue weighted by molar-refractivity contribution is 0.0239. The Morgan fingerprint density at radius 1 is 1.38 bits per heavy atom. The zero-order chi connectivity index (χ0) is 17.5. The summed E-state index contributed by atoms with van der Waals surface area (Å²) in [4.78, 5) is 13.5. The molecule has 1 aliphatic rings. The smallest absolute Gasteiger partial charge is 0.337 e. The molecule has 0 aromatic heterocycles. The molecule has 1 aromatic carbocycles. The first-order valence-corrected chi connectivity index (χ1v) is 8.01. The minimum atomic E-state index is -0.680. The van der Waals surface area contributed by atoms with Crippen LogP contribution in [0, 0.1) is 0 Å². The van der Waals surface area contributed by atoms with Crippen molar-refractivity contribution in [1.82, 2.24) is 4.90 Å². The Morgan fingerprint density at radius 2 is 2.17 bits per heavy atom. The van der Waals surface area contributed by atoms with Gasteiger partial charge in [-0.1, -0.05) is 0 Å². The molecule has 0 spiro atoms. The summed E-state index contributed by atoms with van der Waals surface area (Å²) in [6.07, 6.45) is 0.739. The summed E-state index contributed by atoms with van der Waals surface area (Å²) in [7, 11) is 2.79. The number of likely N-dealkylation sites (tertiary alicyclic amines) is 1. The zero-order valence-electron chi connectivity index (χ0n) is 14.1. The molecule has 24 heavy (non-hydrogen) atoms. The number of piperidine rings is 1. The van der Waals surface area contributed by atoms with E-state index in [9.17, 15) is 15.0 Å². The maximum absolute atomic E-state index is 11.5. The largest absolute Gasteiger partial charge is 0.493 e. The first-order valence-electron chi connectivity index (χ1n) is 8.01. The summed E-state index contributed by atoms with van der Waals surface area (Å²) < 4.78 is 15.5.